The summed E-state index contributed by atoms with van der Waals surface area (Å²) in [6, 6.07) is 16.3. The molecule has 2 aliphatic rings. The summed E-state index contributed by atoms with van der Waals surface area (Å²) in [4.78, 5) is 28.2. The first-order valence-corrected chi connectivity index (χ1v) is 14.5. The number of amides is 1. The first-order chi connectivity index (χ1) is 18.4. The van der Waals surface area contributed by atoms with Gasteiger partial charge in [-0.2, -0.15) is 0 Å². The van der Waals surface area contributed by atoms with Crippen LogP contribution in [0.15, 0.2) is 64.4 Å². The fourth-order valence-corrected chi connectivity index (χ4v) is 6.26. The van der Waals surface area contributed by atoms with Crippen LogP contribution >= 0.6 is 15.9 Å². The highest BCUT2D eigenvalue weighted by atomic mass is 79.9. The molecule has 3 heterocycles. The molecule has 0 saturated carbocycles. The Bertz CT molecular complexity index is 1310. The van der Waals surface area contributed by atoms with Gasteiger partial charge in [0.15, 0.2) is 0 Å². The van der Waals surface area contributed by atoms with Crippen molar-refractivity contribution in [3.05, 3.63) is 75.9 Å². The lowest BCUT2D eigenvalue weighted by Crippen LogP contribution is -2.56. The van der Waals surface area contributed by atoms with Crippen molar-refractivity contribution >= 4 is 38.5 Å². The number of para-hydroxylation sites is 1. The van der Waals surface area contributed by atoms with Gasteiger partial charge in [0.2, 0.25) is 0 Å². The Kier molecular flexibility index (Phi) is 8.15. The summed E-state index contributed by atoms with van der Waals surface area (Å²) < 4.78 is 1.07. The molecule has 2 saturated heterocycles. The summed E-state index contributed by atoms with van der Waals surface area (Å²) in [5.41, 5.74) is 5.08. The van der Waals surface area contributed by atoms with E-state index < -0.39 is 0 Å². The molecule has 2 aliphatic heterocycles. The van der Waals surface area contributed by atoms with E-state index in [1.165, 1.54) is 0 Å². The van der Waals surface area contributed by atoms with Crippen LogP contribution in [0.2, 0.25) is 0 Å². The molecule has 7 heteroatoms. The lowest BCUT2D eigenvalue weighted by Gasteiger charge is -2.49. The second-order valence-corrected chi connectivity index (χ2v) is 11.7. The zero-order chi connectivity index (χ0) is 26.7. The summed E-state index contributed by atoms with van der Waals surface area (Å²) in [7, 11) is 0. The molecule has 0 aliphatic carbocycles. The largest absolute Gasteiger partial charge is 0.396 e. The number of likely N-dealkylation sites (tertiary alicyclic amines) is 2. The Morgan fingerprint density at radius 3 is 2.47 bits per heavy atom. The highest BCUT2D eigenvalue weighted by Crippen LogP contribution is 2.34. The number of piperidine rings is 2. The minimum absolute atomic E-state index is 0.105. The van der Waals surface area contributed by atoms with Gasteiger partial charge in [0.1, 0.15) is 6.61 Å². The number of aromatic nitrogens is 1. The number of carbonyl (C=O) groups excluding carboxylic acids is 1. The third-order valence-corrected chi connectivity index (χ3v) is 8.94. The Labute approximate surface area is 234 Å². The zero-order valence-corrected chi connectivity index (χ0v) is 24.2. The molecule has 200 valence electrons. The summed E-state index contributed by atoms with van der Waals surface area (Å²) >= 11 is 3.54. The zero-order valence-electron chi connectivity index (χ0n) is 22.6. The Morgan fingerprint density at radius 1 is 1.08 bits per heavy atom. The van der Waals surface area contributed by atoms with Crippen LogP contribution in [-0.4, -0.2) is 64.7 Å². The highest BCUT2D eigenvalue weighted by molar-refractivity contribution is 9.10. The molecule has 38 heavy (non-hydrogen) atoms. The second kappa shape index (κ2) is 11.5. The SMILES string of the molecule is CCO/N=C(\c1ccc(Br)cc1)C1CCN(C2(C)CCN(C(=O)c3ccnc4c(C)cccc34)CC2)CC1. The van der Waals surface area contributed by atoms with Crippen molar-refractivity contribution in [2.75, 3.05) is 32.8 Å². The molecule has 0 bridgehead atoms. The molecule has 2 fully saturated rings. The van der Waals surface area contributed by atoms with Crippen LogP contribution in [0.5, 0.6) is 0 Å². The molecule has 1 amide bonds. The van der Waals surface area contributed by atoms with Gasteiger partial charge in [0.25, 0.3) is 5.91 Å². The summed E-state index contributed by atoms with van der Waals surface area (Å²) in [5, 5.41) is 5.49. The van der Waals surface area contributed by atoms with Gasteiger partial charge in [-0.1, -0.05) is 51.4 Å². The molecule has 0 radical (unpaired) electrons. The maximum Gasteiger partial charge on any atom is 0.254 e. The van der Waals surface area contributed by atoms with Gasteiger partial charge in [-0.25, -0.2) is 0 Å². The quantitative estimate of drug-likeness (QED) is 0.250. The van der Waals surface area contributed by atoms with E-state index >= 15 is 0 Å². The lowest BCUT2D eigenvalue weighted by molar-refractivity contribution is 0.0162. The van der Waals surface area contributed by atoms with Gasteiger partial charge in [-0.05, 0) is 88.9 Å². The molecule has 2 aromatic carbocycles. The van der Waals surface area contributed by atoms with E-state index in [2.05, 4.69) is 62.2 Å². The Balaban J connectivity index is 1.22. The molecule has 6 nitrogen and oxygen atoms in total. The maximum absolute atomic E-state index is 13.5. The van der Waals surface area contributed by atoms with Crippen LogP contribution in [0.3, 0.4) is 0 Å². The molecule has 0 spiro atoms. The fraction of sp³-hybridized carbons (Fsp3) is 0.452. The summed E-state index contributed by atoms with van der Waals surface area (Å²) in [6.07, 6.45) is 5.85. The minimum atomic E-state index is 0.105. The Morgan fingerprint density at radius 2 is 1.79 bits per heavy atom. The van der Waals surface area contributed by atoms with Crippen LogP contribution in [0, 0.1) is 12.8 Å². The van der Waals surface area contributed by atoms with E-state index in [0.29, 0.717) is 12.5 Å². The predicted octanol–water partition coefficient (Wildman–Crippen LogP) is 6.45. The van der Waals surface area contributed by atoms with Crippen molar-refractivity contribution in [2.45, 2.75) is 52.0 Å². The molecular formula is C31H37BrN4O2. The number of rotatable bonds is 6. The molecule has 3 aromatic rings. The number of oxime groups is 1. The summed E-state index contributed by atoms with van der Waals surface area (Å²) in [6.45, 7) is 10.6. The molecule has 0 N–H and O–H groups in total. The second-order valence-electron chi connectivity index (χ2n) is 10.8. The minimum Gasteiger partial charge on any atom is -0.396 e. The first kappa shape index (κ1) is 26.8. The van der Waals surface area contributed by atoms with Gasteiger partial charge in [0.05, 0.1) is 16.8 Å². The van der Waals surface area contributed by atoms with Gasteiger partial charge >= 0.3 is 0 Å². The predicted molar refractivity (Wildman–Crippen MR) is 157 cm³/mol. The van der Waals surface area contributed by atoms with E-state index in [4.69, 9.17) is 4.84 Å². The van der Waals surface area contributed by atoms with Crippen molar-refractivity contribution in [3.63, 3.8) is 0 Å². The topological polar surface area (TPSA) is 58.0 Å². The number of halogens is 1. The van der Waals surface area contributed by atoms with Gasteiger partial charge in [-0.3, -0.25) is 14.7 Å². The van der Waals surface area contributed by atoms with Crippen LogP contribution in [0.1, 0.15) is 61.0 Å². The van der Waals surface area contributed by atoms with Crippen LogP contribution in [0.25, 0.3) is 10.9 Å². The number of carbonyl (C=O) groups is 1. The smallest absolute Gasteiger partial charge is 0.254 e. The normalized spacial score (nSPS) is 19.1. The lowest BCUT2D eigenvalue weighted by atomic mass is 9.82. The number of pyridine rings is 1. The number of hydrogen-bond acceptors (Lipinski definition) is 5. The molecule has 0 atom stereocenters. The van der Waals surface area contributed by atoms with Gasteiger partial charge in [0, 0.05) is 40.6 Å². The van der Waals surface area contributed by atoms with Crippen LogP contribution in [0.4, 0.5) is 0 Å². The highest BCUT2D eigenvalue weighted by Gasteiger charge is 2.39. The number of fused-ring (bicyclic) bond motifs is 1. The molecule has 5 rings (SSSR count). The first-order valence-electron chi connectivity index (χ1n) is 13.7. The maximum atomic E-state index is 13.5. The van der Waals surface area contributed by atoms with Crippen LogP contribution in [-0.2, 0) is 4.84 Å². The standard InChI is InChI=1S/C31H37BrN4O2/c1-4-38-34-29(23-8-10-25(32)11-9-23)24-13-18-36(19-14-24)31(3)15-20-35(21-16-31)30(37)27-12-17-33-28-22(2)6-5-7-26(27)28/h5-12,17,24H,4,13-16,18-21H2,1-3H3/b34-29+. The van der Waals surface area contributed by atoms with E-state index in [-0.39, 0.29) is 11.4 Å². The average Bonchev–Trinajstić information content (AvgIpc) is 2.94. The average molecular weight is 578 g/mol. The van der Waals surface area contributed by atoms with E-state index in [1.54, 1.807) is 6.20 Å². The van der Waals surface area contributed by atoms with Crippen molar-refractivity contribution in [2.24, 2.45) is 11.1 Å². The van der Waals surface area contributed by atoms with Crippen molar-refractivity contribution in [1.29, 1.82) is 0 Å². The third-order valence-electron chi connectivity index (χ3n) is 8.41. The fourth-order valence-electron chi connectivity index (χ4n) is 6.00. The van der Waals surface area contributed by atoms with E-state index in [1.807, 2.05) is 43.0 Å². The summed E-state index contributed by atoms with van der Waals surface area (Å²) in [5.74, 6) is 0.503. The van der Waals surface area contributed by atoms with Crippen LogP contribution < -0.4 is 0 Å². The van der Waals surface area contributed by atoms with Crippen molar-refractivity contribution < 1.29 is 9.63 Å². The molecule has 1 aromatic heterocycles. The Hall–Kier alpha value is -2.77. The third kappa shape index (κ3) is 5.50. The molecular weight excluding hydrogens is 540 g/mol. The number of nitrogens with zero attached hydrogens (tertiary/aromatic N) is 4. The monoisotopic (exact) mass is 576 g/mol. The van der Waals surface area contributed by atoms with E-state index in [0.717, 1.165) is 89.6 Å². The number of benzene rings is 2. The van der Waals surface area contributed by atoms with Crippen molar-refractivity contribution in [3.8, 4) is 0 Å². The number of hydrogen-bond donors (Lipinski definition) is 0. The van der Waals surface area contributed by atoms with Crippen molar-refractivity contribution in [1.82, 2.24) is 14.8 Å². The molecule has 0 unspecified atom stereocenters. The number of aryl methyl sites for hydroxylation is 1. The van der Waals surface area contributed by atoms with E-state index in [9.17, 15) is 4.79 Å². The van der Waals surface area contributed by atoms with Gasteiger partial charge in [-0.15, -0.1) is 0 Å². The van der Waals surface area contributed by atoms with Gasteiger partial charge < -0.3 is 9.74 Å².